The van der Waals surface area contributed by atoms with E-state index in [1.807, 2.05) is 0 Å². The second kappa shape index (κ2) is 3.34. The van der Waals surface area contributed by atoms with Gasteiger partial charge in [0.2, 0.25) is 0 Å². The minimum absolute atomic E-state index is 0.173. The molecule has 1 aromatic rings. The Bertz CT molecular complexity index is 256. The van der Waals surface area contributed by atoms with Crippen LogP contribution in [0.1, 0.15) is 5.69 Å². The van der Waals surface area contributed by atoms with Gasteiger partial charge in [-0.25, -0.2) is 9.37 Å². The maximum absolute atomic E-state index is 12.5. The largest absolute Gasteiger partial charge is 0.570 e. The highest BCUT2D eigenvalue weighted by Crippen LogP contribution is 2.09. The monoisotopic (exact) mass is 154 g/mol. The van der Waals surface area contributed by atoms with Crippen LogP contribution in [0, 0.1) is 12.7 Å². The van der Waals surface area contributed by atoms with Gasteiger partial charge < -0.3 is 9.68 Å². The first-order valence-electron chi connectivity index (χ1n) is 2.99. The molecule has 1 rings (SSSR count). The van der Waals surface area contributed by atoms with Crippen molar-refractivity contribution in [3.8, 4) is 5.88 Å². The molecule has 0 amide bonds. The summed E-state index contributed by atoms with van der Waals surface area (Å²) in [6.45, 7) is 1.51. The lowest BCUT2D eigenvalue weighted by Crippen LogP contribution is -2.02. The Morgan fingerprint density at radius 1 is 1.64 bits per heavy atom. The Hall–Kier alpha value is -1.10. The summed E-state index contributed by atoms with van der Waals surface area (Å²) >= 11 is 0. The van der Waals surface area contributed by atoms with E-state index >= 15 is 0 Å². The second-order valence-corrected chi connectivity index (χ2v) is 1.94. The van der Waals surface area contributed by atoms with E-state index in [1.165, 1.54) is 19.1 Å². The van der Waals surface area contributed by atoms with Crippen molar-refractivity contribution in [1.82, 2.24) is 4.98 Å². The molecule has 0 aromatic carbocycles. The van der Waals surface area contributed by atoms with E-state index in [2.05, 4.69) is 9.64 Å². The molecule has 57 valence electrons. The molecule has 0 aliphatic carbocycles. The highest BCUT2D eigenvalue weighted by atomic mass is 19.1. The van der Waals surface area contributed by atoms with E-state index in [-0.39, 0.29) is 11.6 Å². The van der Waals surface area contributed by atoms with Gasteiger partial charge in [-0.15, -0.1) is 0 Å². The van der Waals surface area contributed by atoms with Gasteiger partial charge in [0.15, 0.2) is 5.88 Å². The van der Waals surface area contributed by atoms with Gasteiger partial charge in [0.25, 0.3) is 0 Å². The molecule has 1 radical (unpaired) electrons. The van der Waals surface area contributed by atoms with Crippen LogP contribution in [-0.2, 0) is 0 Å². The van der Waals surface area contributed by atoms with Crippen LogP contribution < -0.4 is 4.65 Å². The maximum Gasteiger partial charge on any atom is 0.570 e. The summed E-state index contributed by atoms with van der Waals surface area (Å²) in [5.74, 6) is -0.221. The van der Waals surface area contributed by atoms with Crippen molar-refractivity contribution in [2.45, 2.75) is 6.92 Å². The third-order valence-electron chi connectivity index (χ3n) is 1.17. The molecule has 0 saturated carbocycles. The summed E-state index contributed by atoms with van der Waals surface area (Å²) in [4.78, 5) is 3.67. The number of hydrogen-bond acceptors (Lipinski definition) is 3. The highest BCUT2D eigenvalue weighted by Gasteiger charge is 2.00. The molecular weight excluding hydrogens is 148 g/mol. The summed E-state index contributed by atoms with van der Waals surface area (Å²) in [5, 5.41) is 8.20. The van der Waals surface area contributed by atoms with Crippen LogP contribution in [0.15, 0.2) is 12.1 Å². The lowest BCUT2D eigenvalue weighted by molar-refractivity contribution is 0.440. The van der Waals surface area contributed by atoms with Gasteiger partial charge in [0, 0.05) is 6.07 Å². The molecular formula is C6H6BFNO2. The van der Waals surface area contributed by atoms with Gasteiger partial charge in [0.1, 0.15) is 5.82 Å². The van der Waals surface area contributed by atoms with Crippen molar-refractivity contribution in [3.05, 3.63) is 23.6 Å². The van der Waals surface area contributed by atoms with Crippen molar-refractivity contribution in [1.29, 1.82) is 0 Å². The topological polar surface area (TPSA) is 42.4 Å². The molecule has 5 heteroatoms. The highest BCUT2D eigenvalue weighted by molar-refractivity contribution is 6.17. The average Bonchev–Trinajstić information content (AvgIpc) is 1.98. The van der Waals surface area contributed by atoms with Crippen LogP contribution in [-0.4, -0.2) is 17.7 Å². The second-order valence-electron chi connectivity index (χ2n) is 1.94. The first-order valence-corrected chi connectivity index (χ1v) is 2.99. The van der Waals surface area contributed by atoms with Gasteiger partial charge in [0.05, 0.1) is 5.69 Å². The van der Waals surface area contributed by atoms with Gasteiger partial charge in [-0.05, 0) is 13.0 Å². The van der Waals surface area contributed by atoms with Crippen LogP contribution in [0.25, 0.3) is 0 Å². The average molecular weight is 154 g/mol. The molecule has 0 saturated heterocycles. The van der Waals surface area contributed by atoms with E-state index in [0.29, 0.717) is 7.69 Å². The first-order chi connectivity index (χ1) is 5.24. The first kappa shape index (κ1) is 8.01. The van der Waals surface area contributed by atoms with Gasteiger partial charge >= 0.3 is 7.69 Å². The predicted molar refractivity (Wildman–Crippen MR) is 37.5 cm³/mol. The van der Waals surface area contributed by atoms with Crippen LogP contribution in [0.5, 0.6) is 5.88 Å². The van der Waals surface area contributed by atoms with Crippen molar-refractivity contribution in [3.63, 3.8) is 0 Å². The number of rotatable bonds is 2. The summed E-state index contributed by atoms with van der Waals surface area (Å²) < 4.78 is 17.0. The number of nitrogens with zero attached hydrogens (tertiary/aromatic N) is 1. The molecule has 1 N–H and O–H groups in total. The molecule has 0 unspecified atom stereocenters. The predicted octanol–water partition coefficient (Wildman–Crippen LogP) is 0.434. The van der Waals surface area contributed by atoms with E-state index in [4.69, 9.17) is 5.02 Å². The molecule has 0 atom stereocenters. The molecule has 0 spiro atoms. The van der Waals surface area contributed by atoms with Crippen LogP contribution >= 0.6 is 0 Å². The van der Waals surface area contributed by atoms with Crippen molar-refractivity contribution in [2.75, 3.05) is 0 Å². The Balaban J connectivity index is 2.86. The normalized spacial score (nSPS) is 9.36. The number of pyridine rings is 1. The number of aryl methyl sites for hydroxylation is 1. The zero-order valence-electron chi connectivity index (χ0n) is 5.91. The van der Waals surface area contributed by atoms with Crippen LogP contribution in [0.3, 0.4) is 0 Å². The number of halogens is 1. The molecule has 0 aliphatic rings. The summed E-state index contributed by atoms with van der Waals surface area (Å²) in [6.07, 6.45) is 0. The number of aromatic nitrogens is 1. The smallest absolute Gasteiger partial charge is 0.523 e. The van der Waals surface area contributed by atoms with E-state index in [0.717, 1.165) is 0 Å². The SMILES string of the molecule is Cc1nc(O[B]O)ccc1F. The third kappa shape index (κ3) is 1.91. The Labute approximate surface area is 64.1 Å². The number of hydrogen-bond donors (Lipinski definition) is 1. The summed E-state index contributed by atoms with van der Waals surface area (Å²) in [7, 11) is 0.500. The fraction of sp³-hybridized carbons (Fsp3) is 0.167. The Morgan fingerprint density at radius 2 is 2.36 bits per heavy atom. The fourth-order valence-electron chi connectivity index (χ4n) is 0.641. The quantitative estimate of drug-likeness (QED) is 0.628. The van der Waals surface area contributed by atoms with E-state index < -0.39 is 5.82 Å². The molecule has 3 nitrogen and oxygen atoms in total. The summed E-state index contributed by atoms with van der Waals surface area (Å²) in [6, 6.07) is 2.55. The Kier molecular flexibility index (Phi) is 2.43. The minimum Gasteiger partial charge on any atom is -0.523 e. The molecule has 11 heavy (non-hydrogen) atoms. The van der Waals surface area contributed by atoms with E-state index in [9.17, 15) is 4.39 Å². The van der Waals surface area contributed by atoms with Crippen molar-refractivity contribution >= 4 is 7.69 Å². The van der Waals surface area contributed by atoms with Crippen molar-refractivity contribution in [2.24, 2.45) is 0 Å². The zero-order valence-corrected chi connectivity index (χ0v) is 5.91. The van der Waals surface area contributed by atoms with Crippen LogP contribution in [0.2, 0.25) is 0 Å². The molecule has 0 aliphatic heterocycles. The molecule has 0 bridgehead atoms. The molecule has 1 heterocycles. The standard InChI is InChI=1S/C6H6BFNO2/c1-4-5(8)2-3-6(9-4)11-7-10/h2-3,10H,1H3. The van der Waals surface area contributed by atoms with Crippen molar-refractivity contribution < 1.29 is 14.1 Å². The lowest BCUT2D eigenvalue weighted by Gasteiger charge is -2.00. The molecule has 1 aromatic heterocycles. The zero-order chi connectivity index (χ0) is 8.27. The van der Waals surface area contributed by atoms with E-state index in [1.54, 1.807) is 0 Å². The fourth-order valence-corrected chi connectivity index (χ4v) is 0.641. The molecule has 0 fully saturated rings. The minimum atomic E-state index is -0.393. The maximum atomic E-state index is 12.5. The van der Waals surface area contributed by atoms with Gasteiger partial charge in [-0.1, -0.05) is 0 Å². The van der Waals surface area contributed by atoms with Crippen LogP contribution in [0.4, 0.5) is 4.39 Å². The van der Waals surface area contributed by atoms with Gasteiger partial charge in [-0.2, -0.15) is 0 Å². The Morgan fingerprint density at radius 3 is 2.91 bits per heavy atom. The third-order valence-corrected chi connectivity index (χ3v) is 1.17. The lowest BCUT2D eigenvalue weighted by atomic mass is 10.3. The summed E-state index contributed by atoms with van der Waals surface area (Å²) in [5.41, 5.74) is 0.240. The van der Waals surface area contributed by atoms with Gasteiger partial charge in [-0.3, -0.25) is 0 Å².